The van der Waals surface area contributed by atoms with E-state index in [0.717, 1.165) is 6.21 Å². The van der Waals surface area contributed by atoms with Crippen LogP contribution in [0, 0.1) is 10.1 Å². The summed E-state index contributed by atoms with van der Waals surface area (Å²) in [5.41, 5.74) is 6.89. The number of allylic oxidation sites excluding steroid dienone is 1. The van der Waals surface area contributed by atoms with Crippen molar-refractivity contribution in [1.82, 2.24) is 5.43 Å². The molecule has 0 aromatic heterocycles. The topological polar surface area (TPSA) is 128 Å². The van der Waals surface area contributed by atoms with Crippen molar-refractivity contribution in [3.05, 3.63) is 46.0 Å². The number of para-hydroxylation sites is 1. The van der Waals surface area contributed by atoms with Crippen molar-refractivity contribution in [2.45, 2.75) is 0 Å². The van der Waals surface area contributed by atoms with Gasteiger partial charge in [0.05, 0.1) is 10.5 Å². The molecular formula is C11H10N4O4. The van der Waals surface area contributed by atoms with Gasteiger partial charge in [-0.25, -0.2) is 5.43 Å². The molecule has 1 aromatic carbocycles. The molecule has 0 aliphatic rings. The van der Waals surface area contributed by atoms with E-state index in [1.807, 2.05) is 5.43 Å². The fraction of sp³-hybridized carbons (Fsp3) is 0. The Kier molecular flexibility index (Phi) is 4.91. The molecular weight excluding hydrogens is 252 g/mol. The molecule has 8 nitrogen and oxygen atoms in total. The zero-order valence-electron chi connectivity index (χ0n) is 9.65. The highest BCUT2D eigenvalue weighted by Gasteiger charge is 2.08. The first-order valence-electron chi connectivity index (χ1n) is 5.05. The van der Waals surface area contributed by atoms with Gasteiger partial charge in [-0.2, -0.15) is 5.10 Å². The summed E-state index contributed by atoms with van der Waals surface area (Å²) in [4.78, 5) is 31.3. The maximum atomic E-state index is 10.7. The molecule has 0 saturated heterocycles. The van der Waals surface area contributed by atoms with Crippen molar-refractivity contribution >= 4 is 29.8 Å². The van der Waals surface area contributed by atoms with Crippen LogP contribution in [0.15, 0.2) is 35.4 Å². The highest BCUT2D eigenvalue weighted by atomic mass is 16.6. The van der Waals surface area contributed by atoms with Crippen molar-refractivity contribution in [1.29, 1.82) is 0 Å². The van der Waals surface area contributed by atoms with Gasteiger partial charge in [0, 0.05) is 12.3 Å². The third kappa shape index (κ3) is 4.38. The van der Waals surface area contributed by atoms with Crippen molar-refractivity contribution < 1.29 is 14.5 Å². The number of carbonyl (C=O) groups is 2. The number of amides is 2. The van der Waals surface area contributed by atoms with Gasteiger partial charge in [0.2, 0.25) is 0 Å². The van der Waals surface area contributed by atoms with E-state index in [-0.39, 0.29) is 5.69 Å². The van der Waals surface area contributed by atoms with Gasteiger partial charge >= 0.3 is 11.8 Å². The fourth-order valence-corrected chi connectivity index (χ4v) is 1.14. The number of rotatable bonds is 4. The Balaban J connectivity index is 2.68. The van der Waals surface area contributed by atoms with E-state index >= 15 is 0 Å². The van der Waals surface area contributed by atoms with Crippen LogP contribution in [0.2, 0.25) is 0 Å². The van der Waals surface area contributed by atoms with Crippen LogP contribution in [0.1, 0.15) is 5.56 Å². The lowest BCUT2D eigenvalue weighted by Crippen LogP contribution is -2.32. The largest absolute Gasteiger partial charge is 0.361 e. The van der Waals surface area contributed by atoms with Crippen LogP contribution in [0.3, 0.4) is 0 Å². The average Bonchev–Trinajstić information content (AvgIpc) is 2.38. The maximum absolute atomic E-state index is 10.7. The second-order valence-electron chi connectivity index (χ2n) is 3.26. The van der Waals surface area contributed by atoms with Crippen molar-refractivity contribution in [2.24, 2.45) is 10.8 Å². The summed E-state index contributed by atoms with van der Waals surface area (Å²) in [6, 6.07) is 6.13. The lowest BCUT2D eigenvalue weighted by Gasteiger charge is -1.95. The number of primary amides is 1. The van der Waals surface area contributed by atoms with E-state index in [2.05, 4.69) is 10.8 Å². The standard InChI is InChI=1S/C11H10N4O4/c12-10(16)11(17)14-13-7-3-5-8-4-1-2-6-9(8)15(18)19/h1-7H,(H2,12,16)(H,14,17)/b5-3+,13-7+. The number of nitro benzene ring substituents is 1. The van der Waals surface area contributed by atoms with E-state index in [1.165, 1.54) is 18.2 Å². The van der Waals surface area contributed by atoms with Crippen LogP contribution in [-0.2, 0) is 9.59 Å². The summed E-state index contributed by atoms with van der Waals surface area (Å²) in [5.74, 6) is -2.20. The smallest absolute Gasteiger partial charge is 0.329 e. The number of nitrogens with zero attached hydrogens (tertiary/aromatic N) is 2. The quantitative estimate of drug-likeness (QED) is 0.347. The Hall–Kier alpha value is -3.03. The van der Waals surface area contributed by atoms with Crippen LogP contribution in [0.5, 0.6) is 0 Å². The number of nitro groups is 1. The van der Waals surface area contributed by atoms with Gasteiger partial charge in [0.1, 0.15) is 0 Å². The van der Waals surface area contributed by atoms with Crippen molar-refractivity contribution in [3.8, 4) is 0 Å². The Morgan fingerprint density at radius 3 is 2.68 bits per heavy atom. The number of hydrogen-bond donors (Lipinski definition) is 2. The lowest BCUT2D eigenvalue weighted by molar-refractivity contribution is -0.385. The van der Waals surface area contributed by atoms with Gasteiger partial charge < -0.3 is 5.73 Å². The molecule has 8 heteroatoms. The van der Waals surface area contributed by atoms with E-state index in [4.69, 9.17) is 0 Å². The molecule has 0 spiro atoms. The minimum Gasteiger partial charge on any atom is -0.361 e. The molecule has 19 heavy (non-hydrogen) atoms. The summed E-state index contributed by atoms with van der Waals surface area (Å²) in [7, 11) is 0. The van der Waals surface area contributed by atoms with Gasteiger partial charge in [-0.1, -0.05) is 12.1 Å². The molecule has 1 rings (SSSR count). The molecule has 0 aliphatic carbocycles. The number of benzene rings is 1. The van der Waals surface area contributed by atoms with Gasteiger partial charge in [-0.05, 0) is 18.2 Å². The minimum absolute atomic E-state index is 0.0479. The predicted molar refractivity (Wildman–Crippen MR) is 68.0 cm³/mol. The van der Waals surface area contributed by atoms with Gasteiger partial charge in [-0.3, -0.25) is 19.7 Å². The normalized spacial score (nSPS) is 10.7. The van der Waals surface area contributed by atoms with Crippen LogP contribution in [0.4, 0.5) is 5.69 Å². The third-order valence-electron chi connectivity index (χ3n) is 1.96. The van der Waals surface area contributed by atoms with Crippen LogP contribution in [-0.4, -0.2) is 23.0 Å². The monoisotopic (exact) mass is 262 g/mol. The first-order valence-corrected chi connectivity index (χ1v) is 5.05. The Bertz CT molecular complexity index is 566. The van der Waals surface area contributed by atoms with Crippen LogP contribution < -0.4 is 11.2 Å². The van der Waals surface area contributed by atoms with Gasteiger partial charge in [-0.15, -0.1) is 0 Å². The van der Waals surface area contributed by atoms with E-state index in [0.29, 0.717) is 5.56 Å². The summed E-state index contributed by atoms with van der Waals surface area (Å²) in [5, 5.41) is 14.1. The molecule has 0 fully saturated rings. The first kappa shape index (κ1) is 14.0. The molecule has 0 saturated carbocycles. The molecule has 3 N–H and O–H groups in total. The van der Waals surface area contributed by atoms with E-state index in [1.54, 1.807) is 18.2 Å². The molecule has 0 heterocycles. The average molecular weight is 262 g/mol. The summed E-state index contributed by atoms with van der Waals surface area (Å²) in [6.07, 6.45) is 3.99. The van der Waals surface area contributed by atoms with Crippen molar-refractivity contribution in [2.75, 3.05) is 0 Å². The van der Waals surface area contributed by atoms with Gasteiger partial charge in [0.25, 0.3) is 5.69 Å². The molecule has 0 unspecified atom stereocenters. The zero-order valence-corrected chi connectivity index (χ0v) is 9.65. The van der Waals surface area contributed by atoms with Crippen LogP contribution in [0.25, 0.3) is 6.08 Å². The number of carbonyl (C=O) groups excluding carboxylic acids is 2. The molecule has 98 valence electrons. The van der Waals surface area contributed by atoms with E-state index in [9.17, 15) is 19.7 Å². The number of hydrazone groups is 1. The molecule has 0 bridgehead atoms. The fourth-order valence-electron chi connectivity index (χ4n) is 1.14. The molecule has 0 radical (unpaired) electrons. The summed E-state index contributed by atoms with van der Waals surface area (Å²) < 4.78 is 0. The van der Waals surface area contributed by atoms with Crippen LogP contribution >= 0.6 is 0 Å². The van der Waals surface area contributed by atoms with Crippen molar-refractivity contribution in [3.63, 3.8) is 0 Å². The second kappa shape index (κ2) is 6.64. The molecule has 0 aliphatic heterocycles. The van der Waals surface area contributed by atoms with Gasteiger partial charge in [0.15, 0.2) is 0 Å². The number of nitrogens with two attached hydrogens (primary N) is 1. The second-order valence-corrected chi connectivity index (χ2v) is 3.26. The number of hydrogen-bond acceptors (Lipinski definition) is 5. The number of nitrogens with one attached hydrogen (secondary N) is 1. The lowest BCUT2D eigenvalue weighted by atomic mass is 10.2. The summed E-state index contributed by atoms with van der Waals surface area (Å²) >= 11 is 0. The SMILES string of the molecule is NC(=O)C(=O)N/N=C/C=C/c1ccccc1[N+](=O)[O-]. The minimum atomic E-state index is -1.15. The highest BCUT2D eigenvalue weighted by Crippen LogP contribution is 2.18. The zero-order chi connectivity index (χ0) is 14.3. The molecule has 2 amide bonds. The first-order chi connectivity index (χ1) is 9.02. The van der Waals surface area contributed by atoms with E-state index < -0.39 is 16.7 Å². The Labute approximate surface area is 107 Å². The summed E-state index contributed by atoms with van der Waals surface area (Å²) in [6.45, 7) is 0. The molecule has 0 atom stereocenters. The highest BCUT2D eigenvalue weighted by molar-refractivity contribution is 6.34. The Morgan fingerprint density at radius 2 is 2.05 bits per heavy atom. The maximum Gasteiger partial charge on any atom is 0.329 e. The Morgan fingerprint density at radius 1 is 1.37 bits per heavy atom. The third-order valence-corrected chi connectivity index (χ3v) is 1.96. The molecule has 1 aromatic rings. The predicted octanol–water partition coefficient (Wildman–Crippen LogP) is 0.195.